The molecule has 0 radical (unpaired) electrons. The normalized spacial score (nSPS) is 12.6. The van der Waals surface area contributed by atoms with Gasteiger partial charge in [-0.15, -0.1) is 0 Å². The van der Waals surface area contributed by atoms with Crippen molar-refractivity contribution in [3.63, 3.8) is 0 Å². The highest BCUT2D eigenvalue weighted by Gasteiger charge is 2.10. The molecule has 1 amide bonds. The van der Waals surface area contributed by atoms with Crippen molar-refractivity contribution in [2.75, 3.05) is 0 Å². The predicted molar refractivity (Wildman–Crippen MR) is 70.5 cm³/mol. The molecular weight excluding hydrogens is 266 g/mol. The molecule has 2 nitrogen and oxygen atoms in total. The Balaban J connectivity index is 2.55. The van der Waals surface area contributed by atoms with E-state index in [4.69, 9.17) is 0 Å². The minimum Gasteiger partial charge on any atom is -0.350 e. The third-order valence-electron chi connectivity index (χ3n) is 2.31. The van der Waals surface area contributed by atoms with Gasteiger partial charge in [0.15, 0.2) is 0 Å². The molecule has 1 N–H and O–H groups in total. The van der Waals surface area contributed by atoms with Crippen molar-refractivity contribution >= 4 is 21.8 Å². The summed E-state index contributed by atoms with van der Waals surface area (Å²) in [5.74, 6) is 0.598. The molecule has 0 aromatic heterocycles. The maximum atomic E-state index is 11.8. The van der Waals surface area contributed by atoms with Gasteiger partial charge >= 0.3 is 0 Å². The van der Waals surface area contributed by atoms with Gasteiger partial charge in [-0.25, -0.2) is 0 Å². The third kappa shape index (κ3) is 4.35. The van der Waals surface area contributed by atoms with Crippen molar-refractivity contribution in [2.24, 2.45) is 5.92 Å². The lowest BCUT2D eigenvalue weighted by Crippen LogP contribution is -2.33. The molecule has 0 spiro atoms. The third-order valence-corrected chi connectivity index (χ3v) is 2.84. The predicted octanol–water partition coefficient (Wildman–Crippen LogP) is 3.61. The van der Waals surface area contributed by atoms with Crippen LogP contribution in [0.3, 0.4) is 0 Å². The Labute approximate surface area is 106 Å². The van der Waals surface area contributed by atoms with E-state index in [9.17, 15) is 4.79 Å². The van der Waals surface area contributed by atoms with Crippen molar-refractivity contribution < 1.29 is 4.79 Å². The molecule has 0 aliphatic carbocycles. The van der Waals surface area contributed by atoms with Crippen molar-refractivity contribution in [1.82, 2.24) is 5.32 Å². The summed E-state index contributed by atoms with van der Waals surface area (Å²) in [6.45, 7) is 6.35. The van der Waals surface area contributed by atoms with E-state index in [1.54, 1.807) is 0 Å². The van der Waals surface area contributed by atoms with Gasteiger partial charge in [0.2, 0.25) is 0 Å². The van der Waals surface area contributed by atoms with E-state index in [0.717, 1.165) is 10.9 Å². The molecule has 0 saturated carbocycles. The number of amides is 1. The van der Waals surface area contributed by atoms with Crippen LogP contribution in [0.15, 0.2) is 28.7 Å². The van der Waals surface area contributed by atoms with Gasteiger partial charge in [0.05, 0.1) is 0 Å². The Hall–Kier alpha value is -0.830. The highest BCUT2D eigenvalue weighted by molar-refractivity contribution is 9.10. The molecule has 0 heterocycles. The number of carbonyl (C=O) groups is 1. The van der Waals surface area contributed by atoms with E-state index in [1.165, 1.54) is 0 Å². The molecule has 1 rings (SSSR count). The molecule has 0 aliphatic heterocycles. The van der Waals surface area contributed by atoms with E-state index in [0.29, 0.717) is 11.5 Å². The van der Waals surface area contributed by atoms with Crippen LogP contribution in [0.1, 0.15) is 37.6 Å². The maximum Gasteiger partial charge on any atom is 0.251 e. The molecule has 0 aliphatic rings. The van der Waals surface area contributed by atoms with Crippen LogP contribution in [-0.2, 0) is 0 Å². The van der Waals surface area contributed by atoms with Crippen LogP contribution in [0.4, 0.5) is 0 Å². The zero-order chi connectivity index (χ0) is 12.1. The van der Waals surface area contributed by atoms with E-state index < -0.39 is 0 Å². The highest BCUT2D eigenvalue weighted by atomic mass is 79.9. The summed E-state index contributed by atoms with van der Waals surface area (Å²) in [4.78, 5) is 11.8. The van der Waals surface area contributed by atoms with Gasteiger partial charge in [-0.05, 0) is 43.5 Å². The lowest BCUT2D eigenvalue weighted by molar-refractivity contribution is 0.0936. The Kier molecular flexibility index (Phi) is 5.00. The van der Waals surface area contributed by atoms with Gasteiger partial charge in [0.25, 0.3) is 5.91 Å². The van der Waals surface area contributed by atoms with Crippen LogP contribution in [0.2, 0.25) is 0 Å². The average Bonchev–Trinajstić information content (AvgIpc) is 2.16. The first kappa shape index (κ1) is 13.2. The molecular formula is C13H18BrNO. The van der Waals surface area contributed by atoms with Gasteiger partial charge in [-0.1, -0.05) is 29.8 Å². The summed E-state index contributed by atoms with van der Waals surface area (Å²) in [5.41, 5.74) is 0.707. The fourth-order valence-corrected chi connectivity index (χ4v) is 1.94. The van der Waals surface area contributed by atoms with Crippen molar-refractivity contribution in [3.8, 4) is 0 Å². The van der Waals surface area contributed by atoms with E-state index in [1.807, 2.05) is 31.2 Å². The molecule has 1 aromatic carbocycles. The van der Waals surface area contributed by atoms with Crippen molar-refractivity contribution in [2.45, 2.75) is 33.2 Å². The molecule has 88 valence electrons. The smallest absolute Gasteiger partial charge is 0.251 e. The number of carbonyl (C=O) groups excluding carboxylic acids is 1. The minimum absolute atomic E-state index is 0.000602. The topological polar surface area (TPSA) is 29.1 Å². The summed E-state index contributed by atoms with van der Waals surface area (Å²) >= 11 is 3.35. The van der Waals surface area contributed by atoms with E-state index in [-0.39, 0.29) is 11.9 Å². The molecule has 1 aromatic rings. The summed E-state index contributed by atoms with van der Waals surface area (Å²) in [6, 6.07) is 7.61. The largest absolute Gasteiger partial charge is 0.350 e. The SMILES string of the molecule is CC(C)CC(C)NC(=O)c1ccc(Br)cc1. The second-order valence-corrected chi connectivity index (χ2v) is 5.43. The average molecular weight is 284 g/mol. The Morgan fingerprint density at radius 2 is 1.81 bits per heavy atom. The second kappa shape index (κ2) is 6.04. The lowest BCUT2D eigenvalue weighted by Gasteiger charge is -2.15. The van der Waals surface area contributed by atoms with Gasteiger partial charge in [-0.2, -0.15) is 0 Å². The van der Waals surface area contributed by atoms with Crippen molar-refractivity contribution in [3.05, 3.63) is 34.3 Å². The van der Waals surface area contributed by atoms with Crippen LogP contribution < -0.4 is 5.32 Å². The summed E-state index contributed by atoms with van der Waals surface area (Å²) in [7, 11) is 0. The molecule has 0 fully saturated rings. The highest BCUT2D eigenvalue weighted by Crippen LogP contribution is 2.11. The quantitative estimate of drug-likeness (QED) is 0.899. The summed E-state index contributed by atoms with van der Waals surface area (Å²) < 4.78 is 0.985. The first-order valence-corrected chi connectivity index (χ1v) is 6.34. The number of nitrogens with one attached hydrogen (secondary N) is 1. The number of hydrogen-bond acceptors (Lipinski definition) is 1. The van der Waals surface area contributed by atoms with Crippen LogP contribution >= 0.6 is 15.9 Å². The number of hydrogen-bond donors (Lipinski definition) is 1. The monoisotopic (exact) mass is 283 g/mol. The van der Waals surface area contributed by atoms with Gasteiger partial charge in [0, 0.05) is 16.1 Å². The fourth-order valence-electron chi connectivity index (χ4n) is 1.67. The van der Waals surface area contributed by atoms with E-state index in [2.05, 4.69) is 35.1 Å². The minimum atomic E-state index is 0.000602. The van der Waals surface area contributed by atoms with E-state index >= 15 is 0 Å². The zero-order valence-electron chi connectivity index (χ0n) is 9.96. The molecule has 16 heavy (non-hydrogen) atoms. The Morgan fingerprint density at radius 1 is 1.25 bits per heavy atom. The maximum absolute atomic E-state index is 11.8. The molecule has 3 heteroatoms. The Bertz CT molecular complexity index is 345. The Morgan fingerprint density at radius 3 is 2.31 bits per heavy atom. The van der Waals surface area contributed by atoms with Gasteiger partial charge in [-0.3, -0.25) is 4.79 Å². The van der Waals surface area contributed by atoms with Crippen molar-refractivity contribution in [1.29, 1.82) is 0 Å². The standard InChI is InChI=1S/C13H18BrNO/c1-9(2)8-10(3)15-13(16)11-4-6-12(14)7-5-11/h4-7,9-10H,8H2,1-3H3,(H,15,16). The first-order chi connectivity index (χ1) is 7.49. The summed E-state index contributed by atoms with van der Waals surface area (Å²) in [5, 5.41) is 2.99. The molecule has 0 bridgehead atoms. The summed E-state index contributed by atoms with van der Waals surface area (Å²) in [6.07, 6.45) is 1.00. The van der Waals surface area contributed by atoms with Crippen LogP contribution in [0.25, 0.3) is 0 Å². The molecule has 1 atom stereocenters. The number of rotatable bonds is 4. The first-order valence-electron chi connectivity index (χ1n) is 5.55. The van der Waals surface area contributed by atoms with Crippen LogP contribution in [0, 0.1) is 5.92 Å². The number of halogens is 1. The second-order valence-electron chi connectivity index (χ2n) is 4.51. The molecule has 0 saturated heterocycles. The van der Waals surface area contributed by atoms with Gasteiger partial charge < -0.3 is 5.32 Å². The number of benzene rings is 1. The van der Waals surface area contributed by atoms with Gasteiger partial charge in [0.1, 0.15) is 0 Å². The molecule has 1 unspecified atom stereocenters. The van der Waals surface area contributed by atoms with Crippen LogP contribution in [-0.4, -0.2) is 11.9 Å². The fraction of sp³-hybridized carbons (Fsp3) is 0.462. The zero-order valence-corrected chi connectivity index (χ0v) is 11.5. The lowest BCUT2D eigenvalue weighted by atomic mass is 10.0. The van der Waals surface area contributed by atoms with Crippen LogP contribution in [0.5, 0.6) is 0 Å².